The Kier molecular flexibility index (Phi) is 3.78. The van der Waals surface area contributed by atoms with Crippen LogP contribution < -0.4 is 10.5 Å². The summed E-state index contributed by atoms with van der Waals surface area (Å²) in [5.41, 5.74) is 7.81. The number of nitrogens with one attached hydrogen (secondary N) is 1. The number of aromatic nitrogens is 3. The van der Waals surface area contributed by atoms with Gasteiger partial charge in [-0.3, -0.25) is 9.67 Å². The van der Waals surface area contributed by atoms with Gasteiger partial charge >= 0.3 is 0 Å². The van der Waals surface area contributed by atoms with E-state index in [9.17, 15) is 8.42 Å². The maximum atomic E-state index is 12.3. The van der Waals surface area contributed by atoms with E-state index < -0.39 is 10.0 Å². The van der Waals surface area contributed by atoms with Crippen LogP contribution in [0.3, 0.4) is 0 Å². The molecule has 0 saturated carbocycles. The zero-order valence-electron chi connectivity index (χ0n) is 11.6. The third-order valence-electron chi connectivity index (χ3n) is 3.01. The van der Waals surface area contributed by atoms with Gasteiger partial charge in [0.05, 0.1) is 5.69 Å². The third-order valence-corrected chi connectivity index (χ3v) is 4.58. The van der Waals surface area contributed by atoms with E-state index in [-0.39, 0.29) is 17.3 Å². The molecule has 20 heavy (non-hydrogen) atoms. The molecule has 2 rings (SSSR count). The molecule has 0 atom stereocenters. The van der Waals surface area contributed by atoms with Crippen molar-refractivity contribution in [1.29, 1.82) is 0 Å². The monoisotopic (exact) mass is 295 g/mol. The fourth-order valence-electron chi connectivity index (χ4n) is 1.80. The topological polar surface area (TPSA) is 103 Å². The van der Waals surface area contributed by atoms with E-state index in [0.717, 1.165) is 11.3 Å². The van der Waals surface area contributed by atoms with Crippen LogP contribution in [0.5, 0.6) is 0 Å². The van der Waals surface area contributed by atoms with Gasteiger partial charge in [0.15, 0.2) is 5.82 Å². The Morgan fingerprint density at radius 3 is 2.55 bits per heavy atom. The van der Waals surface area contributed by atoms with Crippen molar-refractivity contribution in [2.24, 2.45) is 7.05 Å². The van der Waals surface area contributed by atoms with Crippen LogP contribution in [0.25, 0.3) is 0 Å². The zero-order chi connectivity index (χ0) is 14.9. The molecule has 2 aromatic rings. The fraction of sp³-hybridized carbons (Fsp3) is 0.333. The summed E-state index contributed by atoms with van der Waals surface area (Å²) in [7, 11) is -2.05. The molecule has 2 aromatic heterocycles. The highest BCUT2D eigenvalue weighted by Crippen LogP contribution is 2.21. The second-order valence-electron chi connectivity index (χ2n) is 4.56. The van der Waals surface area contributed by atoms with Crippen molar-refractivity contribution in [3.05, 3.63) is 35.3 Å². The van der Waals surface area contributed by atoms with Gasteiger partial charge in [0.1, 0.15) is 4.90 Å². The summed E-state index contributed by atoms with van der Waals surface area (Å²) < 4.78 is 28.5. The Hall–Kier alpha value is -1.93. The lowest BCUT2D eigenvalue weighted by molar-refractivity contribution is 0.580. The predicted molar refractivity (Wildman–Crippen MR) is 75.4 cm³/mol. The maximum absolute atomic E-state index is 12.3. The highest BCUT2D eigenvalue weighted by atomic mass is 32.2. The summed E-state index contributed by atoms with van der Waals surface area (Å²) in [5.74, 6) is -0.000434. The Morgan fingerprint density at radius 2 is 2.05 bits per heavy atom. The Morgan fingerprint density at radius 1 is 1.35 bits per heavy atom. The zero-order valence-corrected chi connectivity index (χ0v) is 12.4. The van der Waals surface area contributed by atoms with Gasteiger partial charge in [-0.1, -0.05) is 6.07 Å². The smallest absolute Gasteiger partial charge is 0.246 e. The van der Waals surface area contributed by atoms with E-state index in [1.165, 1.54) is 4.68 Å². The first-order valence-electron chi connectivity index (χ1n) is 6.01. The molecule has 0 spiro atoms. The minimum Gasteiger partial charge on any atom is -0.381 e. The molecule has 0 aliphatic carbocycles. The van der Waals surface area contributed by atoms with Crippen LogP contribution in [0.2, 0.25) is 0 Å². The van der Waals surface area contributed by atoms with Crippen LogP contribution in [0.4, 0.5) is 5.82 Å². The molecule has 0 amide bonds. The normalized spacial score (nSPS) is 11.8. The summed E-state index contributed by atoms with van der Waals surface area (Å²) in [5, 5.41) is 3.91. The molecule has 2 heterocycles. The molecule has 0 aliphatic rings. The van der Waals surface area contributed by atoms with Crippen molar-refractivity contribution in [3.8, 4) is 0 Å². The van der Waals surface area contributed by atoms with Gasteiger partial charge in [-0.05, 0) is 25.5 Å². The summed E-state index contributed by atoms with van der Waals surface area (Å²) in [6.45, 7) is 3.68. The molecule has 3 N–H and O–H groups in total. The van der Waals surface area contributed by atoms with Gasteiger partial charge in [-0.25, -0.2) is 13.1 Å². The molecule has 8 heteroatoms. The van der Waals surface area contributed by atoms with Crippen LogP contribution >= 0.6 is 0 Å². The van der Waals surface area contributed by atoms with Gasteiger partial charge in [0, 0.05) is 25.5 Å². The van der Waals surface area contributed by atoms with E-state index >= 15 is 0 Å². The van der Waals surface area contributed by atoms with E-state index in [2.05, 4.69) is 14.8 Å². The Bertz CT molecular complexity index is 719. The van der Waals surface area contributed by atoms with Crippen LogP contribution in [-0.2, 0) is 23.6 Å². The first-order chi connectivity index (χ1) is 9.31. The fourth-order valence-corrected chi connectivity index (χ4v) is 3.14. The summed E-state index contributed by atoms with van der Waals surface area (Å²) >= 11 is 0. The quantitative estimate of drug-likeness (QED) is 0.854. The van der Waals surface area contributed by atoms with Crippen molar-refractivity contribution in [2.75, 3.05) is 5.73 Å². The second-order valence-corrected chi connectivity index (χ2v) is 6.26. The highest BCUT2D eigenvalue weighted by molar-refractivity contribution is 7.89. The number of pyridine rings is 1. The van der Waals surface area contributed by atoms with E-state index in [1.54, 1.807) is 20.2 Å². The molecule has 0 unspecified atom stereocenters. The summed E-state index contributed by atoms with van der Waals surface area (Å²) in [6.07, 6.45) is 1.64. The Balaban J connectivity index is 2.21. The molecule has 7 nitrogen and oxygen atoms in total. The lowest BCUT2D eigenvalue weighted by atomic mass is 10.2. The molecular formula is C12H17N5O2S. The number of hydrogen-bond donors (Lipinski definition) is 2. The van der Waals surface area contributed by atoms with Crippen LogP contribution in [0.15, 0.2) is 23.2 Å². The lowest BCUT2D eigenvalue weighted by Crippen LogP contribution is -2.24. The average molecular weight is 295 g/mol. The second kappa shape index (κ2) is 5.22. The summed E-state index contributed by atoms with van der Waals surface area (Å²) in [4.78, 5) is 4.14. The van der Waals surface area contributed by atoms with E-state index in [1.807, 2.05) is 19.1 Å². The van der Waals surface area contributed by atoms with Gasteiger partial charge in [0.2, 0.25) is 10.0 Å². The van der Waals surface area contributed by atoms with Gasteiger partial charge in [-0.15, -0.1) is 0 Å². The Labute approximate surface area is 117 Å². The predicted octanol–water partition coefficient (Wildman–Crippen LogP) is 0.493. The molecule has 0 aromatic carbocycles. The van der Waals surface area contributed by atoms with Crippen molar-refractivity contribution < 1.29 is 8.42 Å². The largest absolute Gasteiger partial charge is 0.381 e. The van der Waals surface area contributed by atoms with Gasteiger partial charge in [0.25, 0.3) is 0 Å². The number of nitrogens with two attached hydrogens (primary N) is 1. The SMILES string of the molecule is Cc1ccc(CNS(=O)(=O)c2c(N)nn(C)c2C)cn1. The van der Waals surface area contributed by atoms with Crippen LogP contribution in [0, 0.1) is 13.8 Å². The number of anilines is 1. The number of aryl methyl sites for hydroxylation is 2. The molecular weight excluding hydrogens is 278 g/mol. The standard InChI is InChI=1S/C12H17N5O2S/c1-8-4-5-10(6-14-8)7-15-20(18,19)11-9(2)17(3)16-12(11)13/h4-6,15H,7H2,1-3H3,(H2,13,16). The minimum atomic E-state index is -3.70. The molecule has 0 aliphatic heterocycles. The molecule has 0 radical (unpaired) electrons. The number of hydrogen-bond acceptors (Lipinski definition) is 5. The van der Waals surface area contributed by atoms with Crippen molar-refractivity contribution in [1.82, 2.24) is 19.5 Å². The number of nitrogen functional groups attached to an aromatic ring is 1. The van der Waals surface area contributed by atoms with E-state index in [0.29, 0.717) is 5.69 Å². The molecule has 0 saturated heterocycles. The lowest BCUT2D eigenvalue weighted by Gasteiger charge is -2.07. The number of rotatable bonds is 4. The van der Waals surface area contributed by atoms with Gasteiger partial charge in [-0.2, -0.15) is 5.10 Å². The van der Waals surface area contributed by atoms with Crippen LogP contribution in [0.1, 0.15) is 17.0 Å². The number of nitrogens with zero attached hydrogens (tertiary/aromatic N) is 3. The van der Waals surface area contributed by atoms with Crippen molar-refractivity contribution >= 4 is 15.8 Å². The molecule has 0 bridgehead atoms. The van der Waals surface area contributed by atoms with Crippen LogP contribution in [-0.4, -0.2) is 23.2 Å². The minimum absolute atomic E-state index is 0.000434. The average Bonchev–Trinajstić information content (AvgIpc) is 2.63. The van der Waals surface area contributed by atoms with Crippen molar-refractivity contribution in [2.45, 2.75) is 25.3 Å². The van der Waals surface area contributed by atoms with Crippen molar-refractivity contribution in [3.63, 3.8) is 0 Å². The third kappa shape index (κ3) is 2.81. The maximum Gasteiger partial charge on any atom is 0.246 e. The van der Waals surface area contributed by atoms with Gasteiger partial charge < -0.3 is 5.73 Å². The van der Waals surface area contributed by atoms with E-state index in [4.69, 9.17) is 5.73 Å². The molecule has 108 valence electrons. The first kappa shape index (κ1) is 14.5. The number of sulfonamides is 1. The highest BCUT2D eigenvalue weighted by Gasteiger charge is 2.24. The molecule has 0 fully saturated rings. The first-order valence-corrected chi connectivity index (χ1v) is 7.50. The summed E-state index contributed by atoms with van der Waals surface area (Å²) in [6, 6.07) is 3.65.